The van der Waals surface area contributed by atoms with Crippen molar-refractivity contribution in [3.05, 3.63) is 11.9 Å². The summed E-state index contributed by atoms with van der Waals surface area (Å²) in [6.07, 6.45) is 0. The predicted octanol–water partition coefficient (Wildman–Crippen LogP) is -0.340. The lowest BCUT2D eigenvalue weighted by molar-refractivity contribution is 0.178. The minimum Gasteiger partial charge on any atom is -0.377 e. The van der Waals surface area contributed by atoms with E-state index in [-0.39, 0.29) is 0 Å². The van der Waals surface area contributed by atoms with Crippen molar-refractivity contribution >= 4 is 11.6 Å². The van der Waals surface area contributed by atoms with Crippen LogP contribution in [0.15, 0.2) is 6.07 Å². The average Bonchev–Trinajstić information content (AvgIpc) is 2.39. The van der Waals surface area contributed by atoms with Crippen LogP contribution >= 0.6 is 0 Å². The van der Waals surface area contributed by atoms with Crippen molar-refractivity contribution in [1.29, 1.82) is 0 Å². The predicted molar refractivity (Wildman–Crippen MR) is 70.3 cm³/mol. The van der Waals surface area contributed by atoms with E-state index in [1.165, 1.54) is 0 Å². The van der Waals surface area contributed by atoms with Crippen LogP contribution in [0.4, 0.5) is 11.6 Å². The van der Waals surface area contributed by atoms with E-state index >= 15 is 0 Å². The number of likely N-dealkylation sites (N-methyl/N-ethyl adjacent to an activating group) is 1. The van der Waals surface area contributed by atoms with Crippen LogP contribution in [0.2, 0.25) is 0 Å². The first kappa shape index (κ1) is 13.0. The zero-order valence-corrected chi connectivity index (χ0v) is 10.9. The number of methoxy groups -OCH3 is 1. The van der Waals surface area contributed by atoms with Crippen molar-refractivity contribution in [3.8, 4) is 0 Å². The molecule has 0 aromatic carbocycles. The lowest BCUT2D eigenvalue weighted by atomic mass is 10.3. The Morgan fingerprint density at radius 2 is 2.06 bits per heavy atom. The Bertz CT molecular complexity index is 391. The van der Waals surface area contributed by atoms with E-state index in [2.05, 4.69) is 32.2 Å². The van der Waals surface area contributed by atoms with Crippen LogP contribution in [0.3, 0.4) is 0 Å². The molecule has 1 aliphatic rings. The molecule has 7 heteroatoms. The molecule has 18 heavy (non-hydrogen) atoms. The highest BCUT2D eigenvalue weighted by Crippen LogP contribution is 2.17. The minimum atomic E-state index is 0.385. The largest absolute Gasteiger partial charge is 0.377 e. The first-order chi connectivity index (χ1) is 8.72. The Morgan fingerprint density at radius 3 is 2.67 bits per heavy atom. The number of anilines is 2. The summed E-state index contributed by atoms with van der Waals surface area (Å²) >= 11 is 0. The van der Waals surface area contributed by atoms with Gasteiger partial charge in [0.15, 0.2) is 5.82 Å². The first-order valence-electron chi connectivity index (χ1n) is 6.00. The van der Waals surface area contributed by atoms with Crippen LogP contribution in [0.1, 0.15) is 5.82 Å². The van der Waals surface area contributed by atoms with E-state index in [1.807, 2.05) is 6.07 Å². The SMILES string of the molecule is COCc1nc(NN)cc(N2CCN(C)CC2)n1. The fraction of sp³-hybridized carbons (Fsp3) is 0.636. The van der Waals surface area contributed by atoms with Gasteiger partial charge in [-0.1, -0.05) is 0 Å². The molecule has 2 heterocycles. The fourth-order valence-corrected chi connectivity index (χ4v) is 1.95. The molecule has 0 amide bonds. The van der Waals surface area contributed by atoms with Crippen LogP contribution in [0, 0.1) is 0 Å². The monoisotopic (exact) mass is 252 g/mol. The molecule has 1 fully saturated rings. The number of hydrogen-bond acceptors (Lipinski definition) is 7. The Hall–Kier alpha value is -1.44. The molecule has 0 radical (unpaired) electrons. The number of nitrogens with zero attached hydrogens (tertiary/aromatic N) is 4. The molecule has 0 saturated carbocycles. The summed E-state index contributed by atoms with van der Waals surface area (Å²) in [6.45, 7) is 4.38. The molecule has 0 unspecified atom stereocenters. The molecule has 100 valence electrons. The molecule has 1 saturated heterocycles. The molecule has 1 aliphatic heterocycles. The third-order valence-electron chi connectivity index (χ3n) is 3.01. The van der Waals surface area contributed by atoms with E-state index in [9.17, 15) is 0 Å². The summed E-state index contributed by atoms with van der Waals surface area (Å²) in [5, 5.41) is 0. The molecule has 0 aliphatic carbocycles. The van der Waals surface area contributed by atoms with Gasteiger partial charge in [0.2, 0.25) is 0 Å². The van der Waals surface area contributed by atoms with Crippen molar-refractivity contribution in [2.75, 3.05) is 50.7 Å². The number of ether oxygens (including phenoxy) is 1. The number of nitrogen functional groups attached to an aromatic ring is 1. The maximum absolute atomic E-state index is 5.43. The number of hydrazine groups is 1. The highest BCUT2D eigenvalue weighted by atomic mass is 16.5. The van der Waals surface area contributed by atoms with Gasteiger partial charge in [0.25, 0.3) is 0 Å². The molecule has 1 aromatic rings. The van der Waals surface area contributed by atoms with Gasteiger partial charge in [0.1, 0.15) is 18.2 Å². The van der Waals surface area contributed by atoms with Crippen LogP contribution in [-0.2, 0) is 11.3 Å². The van der Waals surface area contributed by atoms with E-state index < -0.39 is 0 Å². The quantitative estimate of drug-likeness (QED) is 0.560. The van der Waals surface area contributed by atoms with Gasteiger partial charge in [-0.15, -0.1) is 0 Å². The number of nitrogens with two attached hydrogens (primary N) is 1. The summed E-state index contributed by atoms with van der Waals surface area (Å²) in [5.74, 6) is 7.59. The Kier molecular flexibility index (Phi) is 4.29. The summed E-state index contributed by atoms with van der Waals surface area (Å²) in [7, 11) is 3.75. The van der Waals surface area contributed by atoms with E-state index in [4.69, 9.17) is 10.6 Å². The molecule has 3 N–H and O–H groups in total. The Labute approximate surface area is 107 Å². The standard InChI is InChI=1S/C11H20N6O/c1-16-3-5-17(6-4-16)11-7-9(15-12)13-10(14-11)8-18-2/h7H,3-6,8,12H2,1-2H3,(H,13,14,15). The van der Waals surface area contributed by atoms with Gasteiger partial charge >= 0.3 is 0 Å². The van der Waals surface area contributed by atoms with Gasteiger partial charge in [-0.3, -0.25) is 0 Å². The maximum Gasteiger partial charge on any atom is 0.158 e. The second-order valence-corrected chi connectivity index (χ2v) is 4.40. The van der Waals surface area contributed by atoms with Crippen LogP contribution < -0.4 is 16.2 Å². The van der Waals surface area contributed by atoms with Crippen molar-refractivity contribution in [2.24, 2.45) is 5.84 Å². The zero-order valence-electron chi connectivity index (χ0n) is 10.9. The second kappa shape index (κ2) is 5.94. The second-order valence-electron chi connectivity index (χ2n) is 4.40. The zero-order chi connectivity index (χ0) is 13.0. The molecule has 0 bridgehead atoms. The lowest BCUT2D eigenvalue weighted by Gasteiger charge is -2.33. The van der Waals surface area contributed by atoms with Gasteiger partial charge in [0, 0.05) is 39.4 Å². The van der Waals surface area contributed by atoms with Gasteiger partial charge in [-0.25, -0.2) is 15.8 Å². The van der Waals surface area contributed by atoms with Crippen molar-refractivity contribution in [2.45, 2.75) is 6.61 Å². The van der Waals surface area contributed by atoms with Crippen LogP contribution in [0.5, 0.6) is 0 Å². The molecular formula is C11H20N6O. The van der Waals surface area contributed by atoms with Crippen LogP contribution in [0.25, 0.3) is 0 Å². The van der Waals surface area contributed by atoms with Crippen molar-refractivity contribution < 1.29 is 4.74 Å². The van der Waals surface area contributed by atoms with Crippen molar-refractivity contribution in [3.63, 3.8) is 0 Å². The van der Waals surface area contributed by atoms with Gasteiger partial charge in [-0.05, 0) is 7.05 Å². The number of rotatable bonds is 4. The summed E-state index contributed by atoms with van der Waals surface area (Å²) in [6, 6.07) is 1.87. The summed E-state index contributed by atoms with van der Waals surface area (Å²) in [4.78, 5) is 13.3. The van der Waals surface area contributed by atoms with E-state index in [0.717, 1.165) is 32.0 Å². The van der Waals surface area contributed by atoms with Gasteiger partial charge in [0.05, 0.1) is 0 Å². The number of nitrogens with one attached hydrogen (secondary N) is 1. The molecule has 0 atom stereocenters. The van der Waals surface area contributed by atoms with E-state index in [1.54, 1.807) is 7.11 Å². The number of hydrogen-bond donors (Lipinski definition) is 2. The topological polar surface area (TPSA) is 79.5 Å². The maximum atomic E-state index is 5.43. The highest BCUT2D eigenvalue weighted by molar-refractivity contribution is 5.49. The first-order valence-corrected chi connectivity index (χ1v) is 6.00. The van der Waals surface area contributed by atoms with Crippen molar-refractivity contribution in [1.82, 2.24) is 14.9 Å². The number of aromatic nitrogens is 2. The van der Waals surface area contributed by atoms with E-state index in [0.29, 0.717) is 18.2 Å². The number of piperazine rings is 1. The Morgan fingerprint density at radius 1 is 1.33 bits per heavy atom. The smallest absolute Gasteiger partial charge is 0.158 e. The normalized spacial score (nSPS) is 16.9. The Balaban J connectivity index is 2.17. The molecule has 7 nitrogen and oxygen atoms in total. The molecular weight excluding hydrogens is 232 g/mol. The molecule has 1 aromatic heterocycles. The van der Waals surface area contributed by atoms with Gasteiger partial charge < -0.3 is 20.0 Å². The summed E-state index contributed by atoms with van der Waals surface area (Å²) < 4.78 is 5.07. The molecule has 2 rings (SSSR count). The highest BCUT2D eigenvalue weighted by Gasteiger charge is 2.16. The average molecular weight is 252 g/mol. The van der Waals surface area contributed by atoms with Crippen LogP contribution in [-0.4, -0.2) is 55.2 Å². The molecule has 0 spiro atoms. The lowest BCUT2D eigenvalue weighted by Crippen LogP contribution is -2.45. The third kappa shape index (κ3) is 3.06. The van der Waals surface area contributed by atoms with Gasteiger partial charge in [-0.2, -0.15) is 0 Å². The minimum absolute atomic E-state index is 0.385. The summed E-state index contributed by atoms with van der Waals surface area (Å²) in [5.41, 5.74) is 2.57. The third-order valence-corrected chi connectivity index (χ3v) is 3.01. The fourth-order valence-electron chi connectivity index (χ4n) is 1.95.